The van der Waals surface area contributed by atoms with Crippen molar-refractivity contribution >= 4 is 6.21 Å². The molecule has 0 radical (unpaired) electrons. The summed E-state index contributed by atoms with van der Waals surface area (Å²) >= 11 is 0. The number of nitrogens with zero attached hydrogens (tertiary/aromatic N) is 1. The van der Waals surface area contributed by atoms with Gasteiger partial charge in [0.05, 0.1) is 19.9 Å². The Balaban J connectivity index is 3.21. The molecule has 4 heteroatoms. The SMILES string of the molecule is C=CCc1cc(C=NN)cc(OC)c1OCCC. The van der Waals surface area contributed by atoms with Gasteiger partial charge in [0.15, 0.2) is 11.5 Å². The highest BCUT2D eigenvalue weighted by atomic mass is 16.5. The molecule has 1 aromatic carbocycles. The molecule has 1 rings (SSSR count). The summed E-state index contributed by atoms with van der Waals surface area (Å²) in [6, 6.07) is 3.83. The molecule has 0 aromatic heterocycles. The predicted molar refractivity (Wildman–Crippen MR) is 74.5 cm³/mol. The minimum absolute atomic E-state index is 0.658. The quantitative estimate of drug-likeness (QED) is 0.349. The number of benzene rings is 1. The Labute approximate surface area is 108 Å². The van der Waals surface area contributed by atoms with Gasteiger partial charge < -0.3 is 15.3 Å². The Hall–Kier alpha value is -1.97. The number of methoxy groups -OCH3 is 1. The Morgan fingerprint density at radius 2 is 2.22 bits per heavy atom. The molecule has 0 fully saturated rings. The first-order chi connectivity index (χ1) is 8.76. The molecule has 98 valence electrons. The maximum absolute atomic E-state index is 5.75. The van der Waals surface area contributed by atoms with Crippen molar-refractivity contribution < 1.29 is 9.47 Å². The molecule has 0 bridgehead atoms. The molecule has 0 heterocycles. The van der Waals surface area contributed by atoms with E-state index in [1.54, 1.807) is 13.3 Å². The Morgan fingerprint density at radius 3 is 2.78 bits per heavy atom. The topological polar surface area (TPSA) is 56.8 Å². The average molecular weight is 248 g/mol. The molecule has 0 aliphatic carbocycles. The van der Waals surface area contributed by atoms with Crippen LogP contribution in [-0.2, 0) is 6.42 Å². The van der Waals surface area contributed by atoms with E-state index in [2.05, 4.69) is 18.6 Å². The van der Waals surface area contributed by atoms with Gasteiger partial charge in [0.25, 0.3) is 0 Å². The molecule has 0 amide bonds. The summed E-state index contributed by atoms with van der Waals surface area (Å²) < 4.78 is 11.1. The number of rotatable bonds is 7. The minimum atomic E-state index is 0.658. The second kappa shape index (κ2) is 7.37. The van der Waals surface area contributed by atoms with Crippen molar-refractivity contribution in [3.05, 3.63) is 35.9 Å². The van der Waals surface area contributed by atoms with E-state index in [0.29, 0.717) is 18.8 Å². The maximum atomic E-state index is 5.75. The summed E-state index contributed by atoms with van der Waals surface area (Å²) in [6.07, 6.45) is 5.07. The van der Waals surface area contributed by atoms with Gasteiger partial charge in [-0.1, -0.05) is 13.0 Å². The molecular weight excluding hydrogens is 228 g/mol. The van der Waals surface area contributed by atoms with E-state index in [4.69, 9.17) is 15.3 Å². The number of hydrogen-bond donors (Lipinski definition) is 1. The smallest absolute Gasteiger partial charge is 0.164 e. The summed E-state index contributed by atoms with van der Waals surface area (Å²) in [5, 5.41) is 3.53. The second-order valence-electron chi connectivity index (χ2n) is 3.83. The molecule has 0 atom stereocenters. The third kappa shape index (κ3) is 3.52. The van der Waals surface area contributed by atoms with Crippen LogP contribution in [0.15, 0.2) is 29.9 Å². The fraction of sp³-hybridized carbons (Fsp3) is 0.357. The van der Waals surface area contributed by atoms with E-state index in [0.717, 1.165) is 23.3 Å². The van der Waals surface area contributed by atoms with Crippen LogP contribution in [0.1, 0.15) is 24.5 Å². The van der Waals surface area contributed by atoms with Crippen LogP contribution in [0.4, 0.5) is 0 Å². The van der Waals surface area contributed by atoms with Gasteiger partial charge in [-0.2, -0.15) is 5.10 Å². The van der Waals surface area contributed by atoms with Gasteiger partial charge in [0.2, 0.25) is 0 Å². The van der Waals surface area contributed by atoms with Gasteiger partial charge in [0.1, 0.15) is 0 Å². The number of allylic oxidation sites excluding steroid dienone is 1. The molecule has 4 nitrogen and oxygen atoms in total. The summed E-state index contributed by atoms with van der Waals surface area (Å²) in [6.45, 7) is 6.48. The minimum Gasteiger partial charge on any atom is -0.493 e. The Kier molecular flexibility index (Phi) is 5.77. The molecule has 18 heavy (non-hydrogen) atoms. The third-order valence-corrected chi connectivity index (χ3v) is 2.41. The van der Waals surface area contributed by atoms with E-state index in [-0.39, 0.29) is 0 Å². The monoisotopic (exact) mass is 248 g/mol. The van der Waals surface area contributed by atoms with Gasteiger partial charge in [-0.15, -0.1) is 6.58 Å². The standard InChI is InChI=1S/C14H20N2O2/c1-4-6-12-8-11(10-16-15)9-13(17-3)14(12)18-7-5-2/h4,8-10H,1,5-7,15H2,2-3H3. The second-order valence-corrected chi connectivity index (χ2v) is 3.83. The summed E-state index contributed by atoms with van der Waals surface area (Å²) in [4.78, 5) is 0. The zero-order valence-corrected chi connectivity index (χ0v) is 11.0. The van der Waals surface area contributed by atoms with Gasteiger partial charge in [-0.05, 0) is 30.5 Å². The van der Waals surface area contributed by atoms with Crippen molar-refractivity contribution in [3.63, 3.8) is 0 Å². The Bertz CT molecular complexity index is 428. The van der Waals surface area contributed by atoms with Crippen LogP contribution in [-0.4, -0.2) is 19.9 Å². The van der Waals surface area contributed by atoms with E-state index in [9.17, 15) is 0 Å². The van der Waals surface area contributed by atoms with Crippen LogP contribution in [0.2, 0.25) is 0 Å². The number of hydrazone groups is 1. The molecule has 0 spiro atoms. The molecule has 0 saturated heterocycles. The lowest BCUT2D eigenvalue weighted by Crippen LogP contribution is -2.03. The lowest BCUT2D eigenvalue weighted by Gasteiger charge is -2.15. The van der Waals surface area contributed by atoms with Crippen molar-refractivity contribution in [2.75, 3.05) is 13.7 Å². The first-order valence-corrected chi connectivity index (χ1v) is 5.94. The number of nitrogens with two attached hydrogens (primary N) is 1. The molecular formula is C14H20N2O2. The molecule has 0 saturated carbocycles. The van der Waals surface area contributed by atoms with Gasteiger partial charge in [0, 0.05) is 5.56 Å². The maximum Gasteiger partial charge on any atom is 0.164 e. The van der Waals surface area contributed by atoms with Crippen LogP contribution in [0.3, 0.4) is 0 Å². The third-order valence-electron chi connectivity index (χ3n) is 2.41. The van der Waals surface area contributed by atoms with Gasteiger partial charge >= 0.3 is 0 Å². The van der Waals surface area contributed by atoms with E-state index >= 15 is 0 Å². The summed E-state index contributed by atoms with van der Waals surface area (Å²) in [7, 11) is 1.62. The normalized spacial score (nSPS) is 10.6. The van der Waals surface area contributed by atoms with Gasteiger partial charge in [-0.3, -0.25) is 0 Å². The van der Waals surface area contributed by atoms with Gasteiger partial charge in [-0.25, -0.2) is 0 Å². The zero-order chi connectivity index (χ0) is 13.4. The molecule has 2 N–H and O–H groups in total. The summed E-state index contributed by atoms with van der Waals surface area (Å²) in [5.41, 5.74) is 1.91. The highest BCUT2D eigenvalue weighted by Gasteiger charge is 2.11. The first kappa shape index (κ1) is 14.1. The molecule has 0 unspecified atom stereocenters. The van der Waals surface area contributed by atoms with E-state index < -0.39 is 0 Å². The average Bonchev–Trinajstić information content (AvgIpc) is 2.37. The first-order valence-electron chi connectivity index (χ1n) is 5.94. The molecule has 1 aromatic rings. The highest BCUT2D eigenvalue weighted by molar-refractivity contribution is 5.81. The molecule has 0 aliphatic rings. The van der Waals surface area contributed by atoms with Crippen LogP contribution in [0.25, 0.3) is 0 Å². The van der Waals surface area contributed by atoms with Crippen molar-refractivity contribution in [1.29, 1.82) is 0 Å². The predicted octanol–water partition coefficient (Wildman–Crippen LogP) is 2.51. The fourth-order valence-electron chi connectivity index (χ4n) is 1.67. The number of hydrogen-bond acceptors (Lipinski definition) is 4. The van der Waals surface area contributed by atoms with Crippen LogP contribution < -0.4 is 15.3 Å². The largest absolute Gasteiger partial charge is 0.493 e. The van der Waals surface area contributed by atoms with Crippen molar-refractivity contribution in [1.82, 2.24) is 0 Å². The zero-order valence-electron chi connectivity index (χ0n) is 11.0. The van der Waals surface area contributed by atoms with Crippen molar-refractivity contribution in [3.8, 4) is 11.5 Å². The van der Waals surface area contributed by atoms with Crippen LogP contribution in [0.5, 0.6) is 11.5 Å². The van der Waals surface area contributed by atoms with Crippen molar-refractivity contribution in [2.45, 2.75) is 19.8 Å². The number of ether oxygens (including phenoxy) is 2. The van der Waals surface area contributed by atoms with Crippen molar-refractivity contribution in [2.24, 2.45) is 10.9 Å². The fourth-order valence-corrected chi connectivity index (χ4v) is 1.67. The highest BCUT2D eigenvalue weighted by Crippen LogP contribution is 2.33. The lowest BCUT2D eigenvalue weighted by atomic mass is 10.1. The van der Waals surface area contributed by atoms with E-state index in [1.165, 1.54) is 0 Å². The lowest BCUT2D eigenvalue weighted by molar-refractivity contribution is 0.291. The summed E-state index contributed by atoms with van der Waals surface area (Å²) in [5.74, 6) is 6.64. The van der Waals surface area contributed by atoms with Crippen LogP contribution >= 0.6 is 0 Å². The molecule has 0 aliphatic heterocycles. The van der Waals surface area contributed by atoms with Crippen LogP contribution in [0, 0.1) is 0 Å². The Morgan fingerprint density at radius 1 is 1.44 bits per heavy atom. The van der Waals surface area contributed by atoms with E-state index in [1.807, 2.05) is 18.2 Å².